The van der Waals surface area contributed by atoms with Crippen LogP contribution in [-0.2, 0) is 4.74 Å². The standard InChI is InChI=1S/C11H15N3OS/c12-5-6-15-7-8-16-11-13-9-3-1-2-4-10(9)14-11/h1-4H,5-8,12H2,(H,13,14). The second-order valence-electron chi connectivity index (χ2n) is 3.31. The first-order valence-corrected chi connectivity index (χ1v) is 6.24. The Morgan fingerprint density at radius 3 is 3.00 bits per heavy atom. The van der Waals surface area contributed by atoms with E-state index in [2.05, 4.69) is 9.97 Å². The molecule has 0 aliphatic rings. The fraction of sp³-hybridized carbons (Fsp3) is 0.364. The van der Waals surface area contributed by atoms with Crippen LogP contribution < -0.4 is 5.73 Å². The molecule has 0 radical (unpaired) electrons. The number of benzene rings is 1. The van der Waals surface area contributed by atoms with Gasteiger partial charge in [0.2, 0.25) is 0 Å². The first-order chi connectivity index (χ1) is 7.90. The Hall–Kier alpha value is -1.04. The summed E-state index contributed by atoms with van der Waals surface area (Å²) in [6.45, 7) is 1.91. The molecule has 1 aromatic carbocycles. The smallest absolute Gasteiger partial charge is 0.166 e. The molecule has 0 saturated carbocycles. The molecule has 0 amide bonds. The highest BCUT2D eigenvalue weighted by molar-refractivity contribution is 7.99. The molecular weight excluding hydrogens is 222 g/mol. The van der Waals surface area contributed by atoms with Crippen molar-refractivity contribution in [2.75, 3.05) is 25.5 Å². The fourth-order valence-corrected chi connectivity index (χ4v) is 2.12. The number of aromatic amines is 1. The Balaban J connectivity index is 1.85. The quantitative estimate of drug-likeness (QED) is 0.592. The zero-order valence-electron chi connectivity index (χ0n) is 8.98. The average molecular weight is 237 g/mol. The summed E-state index contributed by atoms with van der Waals surface area (Å²) in [4.78, 5) is 7.72. The third-order valence-corrected chi connectivity index (χ3v) is 2.93. The normalized spacial score (nSPS) is 11.1. The minimum atomic E-state index is 0.579. The van der Waals surface area contributed by atoms with Gasteiger partial charge in [0.05, 0.1) is 24.2 Å². The molecule has 0 saturated heterocycles. The highest BCUT2D eigenvalue weighted by atomic mass is 32.2. The van der Waals surface area contributed by atoms with E-state index < -0.39 is 0 Å². The third kappa shape index (κ3) is 2.98. The predicted octanol–water partition coefficient (Wildman–Crippen LogP) is 1.63. The lowest BCUT2D eigenvalue weighted by Crippen LogP contribution is -2.09. The van der Waals surface area contributed by atoms with Gasteiger partial charge in [-0.1, -0.05) is 23.9 Å². The number of hydrogen-bond acceptors (Lipinski definition) is 4. The van der Waals surface area contributed by atoms with Crippen LogP contribution in [0.3, 0.4) is 0 Å². The van der Waals surface area contributed by atoms with Crippen molar-refractivity contribution in [1.82, 2.24) is 9.97 Å². The largest absolute Gasteiger partial charge is 0.379 e. The number of aromatic nitrogens is 2. The third-order valence-electron chi connectivity index (χ3n) is 2.10. The summed E-state index contributed by atoms with van der Waals surface area (Å²) in [6, 6.07) is 8.01. The first kappa shape index (κ1) is 11.4. The molecule has 0 aliphatic heterocycles. The van der Waals surface area contributed by atoms with Crippen LogP contribution in [0.2, 0.25) is 0 Å². The van der Waals surface area contributed by atoms with Gasteiger partial charge in [0, 0.05) is 12.3 Å². The maximum atomic E-state index is 5.32. The molecule has 0 unspecified atom stereocenters. The lowest BCUT2D eigenvalue weighted by atomic mass is 10.3. The summed E-state index contributed by atoms with van der Waals surface area (Å²) in [5.41, 5.74) is 7.41. The number of fused-ring (bicyclic) bond motifs is 1. The van der Waals surface area contributed by atoms with Gasteiger partial charge in [-0.15, -0.1) is 0 Å². The van der Waals surface area contributed by atoms with Gasteiger partial charge in [-0.2, -0.15) is 0 Å². The van der Waals surface area contributed by atoms with Crippen molar-refractivity contribution in [2.45, 2.75) is 5.16 Å². The molecule has 86 valence electrons. The Kier molecular flexibility index (Phi) is 4.21. The van der Waals surface area contributed by atoms with Crippen LogP contribution in [-0.4, -0.2) is 35.5 Å². The number of ether oxygens (including phenoxy) is 1. The van der Waals surface area contributed by atoms with Gasteiger partial charge in [0.15, 0.2) is 5.16 Å². The zero-order chi connectivity index (χ0) is 11.2. The molecule has 0 atom stereocenters. The summed E-state index contributed by atoms with van der Waals surface area (Å²) in [5.74, 6) is 0.889. The molecule has 4 nitrogen and oxygen atoms in total. The highest BCUT2D eigenvalue weighted by Crippen LogP contribution is 2.18. The van der Waals surface area contributed by atoms with Gasteiger partial charge in [0.1, 0.15) is 0 Å². The number of nitrogens with zero attached hydrogens (tertiary/aromatic N) is 1. The molecule has 16 heavy (non-hydrogen) atoms. The second kappa shape index (κ2) is 5.89. The van der Waals surface area contributed by atoms with Crippen LogP contribution in [0.5, 0.6) is 0 Å². The minimum Gasteiger partial charge on any atom is -0.379 e. The number of hydrogen-bond donors (Lipinski definition) is 2. The van der Waals surface area contributed by atoms with E-state index in [1.807, 2.05) is 24.3 Å². The number of nitrogens with one attached hydrogen (secondary N) is 1. The van der Waals surface area contributed by atoms with Gasteiger partial charge in [-0.25, -0.2) is 4.98 Å². The van der Waals surface area contributed by atoms with Crippen molar-refractivity contribution < 1.29 is 4.74 Å². The fourth-order valence-electron chi connectivity index (χ4n) is 1.38. The Labute approximate surface area is 98.6 Å². The first-order valence-electron chi connectivity index (χ1n) is 5.25. The molecule has 0 bridgehead atoms. The van der Waals surface area contributed by atoms with Crippen molar-refractivity contribution in [1.29, 1.82) is 0 Å². The molecule has 1 aromatic heterocycles. The lowest BCUT2D eigenvalue weighted by molar-refractivity contribution is 0.158. The number of imidazole rings is 1. The van der Waals surface area contributed by atoms with E-state index in [0.29, 0.717) is 19.8 Å². The predicted molar refractivity (Wildman–Crippen MR) is 66.7 cm³/mol. The van der Waals surface area contributed by atoms with E-state index in [4.69, 9.17) is 10.5 Å². The maximum Gasteiger partial charge on any atom is 0.166 e. The lowest BCUT2D eigenvalue weighted by Gasteiger charge is -1.99. The number of rotatable bonds is 6. The van der Waals surface area contributed by atoms with Crippen LogP contribution >= 0.6 is 11.8 Å². The summed E-state index contributed by atoms with van der Waals surface area (Å²) in [5, 5.41) is 0.942. The van der Waals surface area contributed by atoms with E-state index in [1.54, 1.807) is 11.8 Å². The van der Waals surface area contributed by atoms with Gasteiger partial charge >= 0.3 is 0 Å². The molecular formula is C11H15N3OS. The molecule has 3 N–H and O–H groups in total. The van der Waals surface area contributed by atoms with Crippen LogP contribution in [0, 0.1) is 0 Å². The van der Waals surface area contributed by atoms with Gasteiger partial charge in [-0.3, -0.25) is 0 Å². The SMILES string of the molecule is NCCOCCSc1nc2ccccc2[nH]1. The number of nitrogens with two attached hydrogens (primary N) is 1. The summed E-state index contributed by atoms with van der Waals surface area (Å²) in [6.07, 6.45) is 0. The minimum absolute atomic E-state index is 0.579. The summed E-state index contributed by atoms with van der Waals surface area (Å²) < 4.78 is 5.29. The van der Waals surface area contributed by atoms with Gasteiger partial charge in [0.25, 0.3) is 0 Å². The number of thioether (sulfide) groups is 1. The van der Waals surface area contributed by atoms with Crippen molar-refractivity contribution in [2.24, 2.45) is 5.73 Å². The van der Waals surface area contributed by atoms with E-state index in [0.717, 1.165) is 21.9 Å². The van der Waals surface area contributed by atoms with Crippen molar-refractivity contribution >= 4 is 22.8 Å². The van der Waals surface area contributed by atoms with E-state index in [-0.39, 0.29) is 0 Å². The topological polar surface area (TPSA) is 63.9 Å². The monoisotopic (exact) mass is 237 g/mol. The molecule has 2 rings (SSSR count). The van der Waals surface area contributed by atoms with Crippen molar-refractivity contribution in [3.63, 3.8) is 0 Å². The summed E-state index contributed by atoms with van der Waals surface area (Å²) >= 11 is 1.66. The van der Waals surface area contributed by atoms with Gasteiger partial charge in [-0.05, 0) is 12.1 Å². The Bertz CT molecular complexity index is 410. The molecule has 0 spiro atoms. The Morgan fingerprint density at radius 1 is 1.31 bits per heavy atom. The van der Waals surface area contributed by atoms with Crippen LogP contribution in [0.4, 0.5) is 0 Å². The number of para-hydroxylation sites is 2. The average Bonchev–Trinajstić information content (AvgIpc) is 2.71. The molecule has 1 heterocycles. The molecule has 2 aromatic rings. The van der Waals surface area contributed by atoms with Crippen molar-refractivity contribution in [3.05, 3.63) is 24.3 Å². The van der Waals surface area contributed by atoms with Crippen LogP contribution in [0.1, 0.15) is 0 Å². The van der Waals surface area contributed by atoms with Crippen LogP contribution in [0.25, 0.3) is 11.0 Å². The zero-order valence-corrected chi connectivity index (χ0v) is 9.80. The van der Waals surface area contributed by atoms with Gasteiger partial charge < -0.3 is 15.5 Å². The maximum absolute atomic E-state index is 5.32. The summed E-state index contributed by atoms with van der Waals surface area (Å²) in [7, 11) is 0. The van der Waals surface area contributed by atoms with Crippen LogP contribution in [0.15, 0.2) is 29.4 Å². The molecule has 0 fully saturated rings. The van der Waals surface area contributed by atoms with E-state index in [1.165, 1.54) is 0 Å². The Morgan fingerprint density at radius 2 is 2.19 bits per heavy atom. The molecule has 5 heteroatoms. The number of H-pyrrole nitrogens is 1. The second-order valence-corrected chi connectivity index (χ2v) is 4.39. The van der Waals surface area contributed by atoms with E-state index >= 15 is 0 Å². The van der Waals surface area contributed by atoms with Crippen molar-refractivity contribution in [3.8, 4) is 0 Å². The van der Waals surface area contributed by atoms with E-state index in [9.17, 15) is 0 Å². The highest BCUT2D eigenvalue weighted by Gasteiger charge is 2.01. The molecule has 0 aliphatic carbocycles.